The van der Waals surface area contributed by atoms with E-state index in [4.69, 9.17) is 4.74 Å². The molecule has 22 heavy (non-hydrogen) atoms. The lowest BCUT2D eigenvalue weighted by molar-refractivity contribution is 0.157. The SMILES string of the molecule is COc1cc(CN2CCC(C3CCCN3)CC2)ccc1C.Cl. The average Bonchev–Trinajstić information content (AvgIpc) is 3.04. The van der Waals surface area contributed by atoms with Crippen LogP contribution in [0.15, 0.2) is 18.2 Å². The van der Waals surface area contributed by atoms with Gasteiger partial charge in [0.15, 0.2) is 0 Å². The highest BCUT2D eigenvalue weighted by Crippen LogP contribution is 2.27. The van der Waals surface area contributed by atoms with Crippen LogP contribution in [0.1, 0.15) is 36.8 Å². The molecular weight excluding hydrogens is 296 g/mol. The molecule has 2 aliphatic rings. The molecular formula is C18H29ClN2O. The fourth-order valence-electron chi connectivity index (χ4n) is 3.85. The number of rotatable bonds is 4. The van der Waals surface area contributed by atoms with Crippen molar-refractivity contribution in [2.45, 2.75) is 45.2 Å². The summed E-state index contributed by atoms with van der Waals surface area (Å²) in [6.45, 7) is 6.86. The second kappa shape index (κ2) is 8.19. The molecule has 1 atom stereocenters. The zero-order valence-corrected chi connectivity index (χ0v) is 14.6. The molecule has 2 aliphatic heterocycles. The molecule has 0 spiro atoms. The summed E-state index contributed by atoms with van der Waals surface area (Å²) in [5.41, 5.74) is 2.59. The number of ether oxygens (including phenoxy) is 1. The normalized spacial score (nSPS) is 23.3. The Morgan fingerprint density at radius 1 is 1.23 bits per heavy atom. The van der Waals surface area contributed by atoms with Gasteiger partial charge < -0.3 is 10.1 Å². The largest absolute Gasteiger partial charge is 0.496 e. The number of hydrogen-bond donors (Lipinski definition) is 1. The second-order valence-corrected chi connectivity index (χ2v) is 6.62. The number of likely N-dealkylation sites (tertiary alicyclic amines) is 1. The van der Waals surface area contributed by atoms with Crippen molar-refractivity contribution in [1.82, 2.24) is 10.2 Å². The molecule has 2 saturated heterocycles. The molecule has 0 saturated carbocycles. The van der Waals surface area contributed by atoms with Crippen molar-refractivity contribution in [3.8, 4) is 5.75 Å². The molecule has 0 amide bonds. The van der Waals surface area contributed by atoms with Crippen LogP contribution in [0.5, 0.6) is 5.75 Å². The van der Waals surface area contributed by atoms with E-state index in [1.165, 1.54) is 56.4 Å². The van der Waals surface area contributed by atoms with Gasteiger partial charge >= 0.3 is 0 Å². The zero-order chi connectivity index (χ0) is 14.7. The first-order valence-corrected chi connectivity index (χ1v) is 8.35. The number of piperidine rings is 1. The molecule has 0 radical (unpaired) electrons. The maximum atomic E-state index is 5.43. The summed E-state index contributed by atoms with van der Waals surface area (Å²) in [5, 5.41) is 3.68. The van der Waals surface area contributed by atoms with Crippen LogP contribution in [-0.4, -0.2) is 37.7 Å². The number of methoxy groups -OCH3 is 1. The van der Waals surface area contributed by atoms with Gasteiger partial charge in [0.05, 0.1) is 7.11 Å². The van der Waals surface area contributed by atoms with E-state index in [1.807, 2.05) is 0 Å². The van der Waals surface area contributed by atoms with Crippen molar-refractivity contribution in [2.24, 2.45) is 5.92 Å². The van der Waals surface area contributed by atoms with Crippen LogP contribution in [0.3, 0.4) is 0 Å². The van der Waals surface area contributed by atoms with Crippen molar-refractivity contribution in [2.75, 3.05) is 26.7 Å². The Morgan fingerprint density at radius 3 is 2.64 bits per heavy atom. The van der Waals surface area contributed by atoms with Gasteiger partial charge in [-0.1, -0.05) is 12.1 Å². The topological polar surface area (TPSA) is 24.5 Å². The van der Waals surface area contributed by atoms with Crippen molar-refractivity contribution >= 4 is 12.4 Å². The summed E-state index contributed by atoms with van der Waals surface area (Å²) in [6, 6.07) is 7.40. The molecule has 3 rings (SSSR count). The molecule has 0 aromatic heterocycles. The number of aryl methyl sites for hydroxylation is 1. The van der Waals surface area contributed by atoms with Gasteiger partial charge in [-0.3, -0.25) is 4.90 Å². The second-order valence-electron chi connectivity index (χ2n) is 6.62. The van der Waals surface area contributed by atoms with Gasteiger partial charge in [0.2, 0.25) is 0 Å². The van der Waals surface area contributed by atoms with Crippen molar-refractivity contribution in [3.63, 3.8) is 0 Å². The minimum Gasteiger partial charge on any atom is -0.496 e. The lowest BCUT2D eigenvalue weighted by Crippen LogP contribution is -2.40. The van der Waals surface area contributed by atoms with E-state index in [9.17, 15) is 0 Å². The van der Waals surface area contributed by atoms with Crippen LogP contribution in [0.4, 0.5) is 0 Å². The first-order chi connectivity index (χ1) is 10.3. The van der Waals surface area contributed by atoms with E-state index in [-0.39, 0.29) is 12.4 Å². The molecule has 1 unspecified atom stereocenters. The lowest BCUT2D eigenvalue weighted by atomic mass is 9.88. The molecule has 2 heterocycles. The fraction of sp³-hybridized carbons (Fsp3) is 0.667. The third kappa shape index (κ3) is 4.15. The van der Waals surface area contributed by atoms with Gasteiger partial charge in [0.25, 0.3) is 0 Å². The molecule has 1 aromatic carbocycles. The Labute approximate surface area is 140 Å². The summed E-state index contributed by atoms with van der Waals surface area (Å²) in [4.78, 5) is 2.59. The minimum absolute atomic E-state index is 0. The summed E-state index contributed by atoms with van der Waals surface area (Å²) in [6.07, 6.45) is 5.45. The molecule has 4 heteroatoms. The lowest BCUT2D eigenvalue weighted by Gasteiger charge is -2.35. The highest BCUT2D eigenvalue weighted by atomic mass is 35.5. The maximum Gasteiger partial charge on any atom is 0.122 e. The molecule has 124 valence electrons. The van der Waals surface area contributed by atoms with Crippen LogP contribution in [0.25, 0.3) is 0 Å². The summed E-state index contributed by atoms with van der Waals surface area (Å²) >= 11 is 0. The van der Waals surface area contributed by atoms with Gasteiger partial charge in [-0.05, 0) is 75.4 Å². The summed E-state index contributed by atoms with van der Waals surface area (Å²) < 4.78 is 5.43. The fourth-order valence-corrected chi connectivity index (χ4v) is 3.85. The Balaban J connectivity index is 0.00000176. The third-order valence-electron chi connectivity index (χ3n) is 5.18. The van der Waals surface area contributed by atoms with E-state index in [0.717, 1.165) is 24.3 Å². The predicted octanol–water partition coefficient (Wildman–Crippen LogP) is 3.39. The van der Waals surface area contributed by atoms with Crippen LogP contribution in [0, 0.1) is 12.8 Å². The van der Waals surface area contributed by atoms with Gasteiger partial charge in [0, 0.05) is 12.6 Å². The highest BCUT2D eigenvalue weighted by molar-refractivity contribution is 5.85. The van der Waals surface area contributed by atoms with Crippen molar-refractivity contribution in [3.05, 3.63) is 29.3 Å². The van der Waals surface area contributed by atoms with Crippen molar-refractivity contribution < 1.29 is 4.74 Å². The van der Waals surface area contributed by atoms with Crippen molar-refractivity contribution in [1.29, 1.82) is 0 Å². The smallest absolute Gasteiger partial charge is 0.122 e. The molecule has 2 fully saturated rings. The van der Waals surface area contributed by atoms with E-state index in [1.54, 1.807) is 7.11 Å². The number of nitrogens with zero attached hydrogens (tertiary/aromatic N) is 1. The summed E-state index contributed by atoms with van der Waals surface area (Å²) in [7, 11) is 1.76. The highest BCUT2D eigenvalue weighted by Gasteiger charge is 2.28. The Bertz CT molecular complexity index is 466. The molecule has 1 aromatic rings. The van der Waals surface area contributed by atoms with Gasteiger partial charge in [0.1, 0.15) is 5.75 Å². The van der Waals surface area contributed by atoms with Gasteiger partial charge in [-0.2, -0.15) is 0 Å². The van der Waals surface area contributed by atoms with Crippen LogP contribution >= 0.6 is 12.4 Å². The van der Waals surface area contributed by atoms with Crippen LogP contribution in [0.2, 0.25) is 0 Å². The maximum absolute atomic E-state index is 5.43. The van der Waals surface area contributed by atoms with E-state index in [2.05, 4.69) is 35.3 Å². The molecule has 0 bridgehead atoms. The number of benzene rings is 1. The van der Waals surface area contributed by atoms with Crippen LogP contribution < -0.4 is 10.1 Å². The van der Waals surface area contributed by atoms with E-state index < -0.39 is 0 Å². The third-order valence-corrected chi connectivity index (χ3v) is 5.18. The Kier molecular flexibility index (Phi) is 6.54. The quantitative estimate of drug-likeness (QED) is 0.918. The molecule has 3 nitrogen and oxygen atoms in total. The predicted molar refractivity (Wildman–Crippen MR) is 94.0 cm³/mol. The monoisotopic (exact) mass is 324 g/mol. The summed E-state index contributed by atoms with van der Waals surface area (Å²) in [5.74, 6) is 1.91. The number of nitrogens with one attached hydrogen (secondary N) is 1. The number of hydrogen-bond acceptors (Lipinski definition) is 3. The Hall–Kier alpha value is -0.770. The first kappa shape index (κ1) is 17.6. The first-order valence-electron chi connectivity index (χ1n) is 8.35. The minimum atomic E-state index is 0. The van der Waals surface area contributed by atoms with Gasteiger partial charge in [-0.25, -0.2) is 0 Å². The van der Waals surface area contributed by atoms with Gasteiger partial charge in [-0.15, -0.1) is 12.4 Å². The van der Waals surface area contributed by atoms with Crippen LogP contribution in [-0.2, 0) is 6.54 Å². The standard InChI is InChI=1S/C18H28N2O.ClH/c1-14-5-6-15(12-18(14)21-2)13-20-10-7-16(8-11-20)17-4-3-9-19-17;/h5-6,12,16-17,19H,3-4,7-11,13H2,1-2H3;1H. The van der Waals surface area contributed by atoms with E-state index >= 15 is 0 Å². The van der Waals surface area contributed by atoms with E-state index in [0.29, 0.717) is 0 Å². The molecule has 1 N–H and O–H groups in total. The molecule has 0 aliphatic carbocycles. The number of halogens is 1. The Morgan fingerprint density at radius 2 is 2.00 bits per heavy atom. The average molecular weight is 325 g/mol. The zero-order valence-electron chi connectivity index (χ0n) is 13.8.